The maximum Gasteiger partial charge on any atom is 0.155 e. The third-order valence-corrected chi connectivity index (χ3v) is 3.84. The van der Waals surface area contributed by atoms with E-state index in [0.717, 1.165) is 12.4 Å². The van der Waals surface area contributed by atoms with E-state index in [1.807, 2.05) is 7.05 Å². The number of anilines is 2. The quantitative estimate of drug-likeness (QED) is 0.843. The first-order valence-corrected chi connectivity index (χ1v) is 5.99. The molecule has 1 aromatic heterocycles. The Morgan fingerprint density at radius 3 is 2.53 bits per heavy atom. The van der Waals surface area contributed by atoms with E-state index in [0.29, 0.717) is 5.69 Å². The summed E-state index contributed by atoms with van der Waals surface area (Å²) < 4.78 is 0. The van der Waals surface area contributed by atoms with Crippen LogP contribution in [0.1, 0.15) is 19.3 Å². The van der Waals surface area contributed by atoms with Crippen LogP contribution in [0.3, 0.4) is 0 Å². The van der Waals surface area contributed by atoms with Crippen molar-refractivity contribution in [1.82, 2.24) is 14.9 Å². The van der Waals surface area contributed by atoms with E-state index in [-0.39, 0.29) is 5.54 Å². The molecular weight excluding hydrogens is 214 g/mol. The van der Waals surface area contributed by atoms with E-state index in [2.05, 4.69) is 33.9 Å². The van der Waals surface area contributed by atoms with Gasteiger partial charge < -0.3 is 15.5 Å². The molecule has 1 fully saturated rings. The Hall–Kier alpha value is -1.36. The van der Waals surface area contributed by atoms with Gasteiger partial charge in [-0.3, -0.25) is 0 Å². The number of likely N-dealkylation sites (N-methyl/N-ethyl adjacent to an activating group) is 2. The van der Waals surface area contributed by atoms with Gasteiger partial charge in [0, 0.05) is 19.1 Å². The molecule has 17 heavy (non-hydrogen) atoms. The van der Waals surface area contributed by atoms with Crippen LogP contribution >= 0.6 is 0 Å². The lowest BCUT2D eigenvalue weighted by Crippen LogP contribution is -2.56. The summed E-state index contributed by atoms with van der Waals surface area (Å²) in [6.45, 7) is 0.960. The smallest absolute Gasteiger partial charge is 0.155 e. The van der Waals surface area contributed by atoms with Crippen molar-refractivity contribution < 1.29 is 0 Å². The second-order valence-electron chi connectivity index (χ2n) is 5.13. The zero-order chi connectivity index (χ0) is 12.5. The fraction of sp³-hybridized carbons (Fsp3) is 0.667. The summed E-state index contributed by atoms with van der Waals surface area (Å²) in [6, 6.07) is 0. The van der Waals surface area contributed by atoms with Crippen LogP contribution in [0.15, 0.2) is 12.5 Å². The van der Waals surface area contributed by atoms with Crippen LogP contribution in [-0.4, -0.2) is 48.1 Å². The van der Waals surface area contributed by atoms with Crippen LogP contribution in [0.5, 0.6) is 0 Å². The SMILES string of the molecule is CN(CC1(N(C)C)CCC1)c1ncncc1N. The van der Waals surface area contributed by atoms with Crippen LogP contribution in [0.25, 0.3) is 0 Å². The lowest BCUT2D eigenvalue weighted by Gasteiger charge is -2.49. The molecule has 1 aliphatic rings. The highest BCUT2D eigenvalue weighted by Crippen LogP contribution is 2.37. The Bertz CT molecular complexity index is 386. The predicted octanol–water partition coefficient (Wildman–Crippen LogP) is 0.979. The standard InChI is InChI=1S/C12H21N5/c1-16(2)12(5-4-6-12)8-17(3)11-10(13)7-14-9-15-11/h7,9H,4-6,8,13H2,1-3H3. The second kappa shape index (κ2) is 4.49. The highest BCUT2D eigenvalue weighted by Gasteiger charge is 2.40. The monoisotopic (exact) mass is 235 g/mol. The van der Waals surface area contributed by atoms with Gasteiger partial charge in [-0.2, -0.15) is 0 Å². The molecule has 0 unspecified atom stereocenters. The van der Waals surface area contributed by atoms with Gasteiger partial charge in [0.15, 0.2) is 5.82 Å². The highest BCUT2D eigenvalue weighted by molar-refractivity contribution is 5.60. The number of nitrogens with zero attached hydrogens (tertiary/aromatic N) is 4. The van der Waals surface area contributed by atoms with Gasteiger partial charge in [0.1, 0.15) is 6.33 Å². The third kappa shape index (κ3) is 2.20. The largest absolute Gasteiger partial charge is 0.394 e. The first-order valence-electron chi connectivity index (χ1n) is 5.99. The van der Waals surface area contributed by atoms with Crippen LogP contribution in [0, 0.1) is 0 Å². The van der Waals surface area contributed by atoms with Gasteiger partial charge in [-0.05, 0) is 33.4 Å². The minimum absolute atomic E-state index is 0.284. The van der Waals surface area contributed by atoms with Crippen molar-refractivity contribution >= 4 is 11.5 Å². The molecule has 0 saturated heterocycles. The normalized spacial score (nSPS) is 17.9. The average Bonchev–Trinajstić information content (AvgIpc) is 2.23. The maximum absolute atomic E-state index is 5.90. The molecule has 1 heterocycles. The van der Waals surface area contributed by atoms with Crippen molar-refractivity contribution in [2.75, 3.05) is 38.3 Å². The minimum Gasteiger partial charge on any atom is -0.394 e. The minimum atomic E-state index is 0.284. The molecule has 2 N–H and O–H groups in total. The average molecular weight is 235 g/mol. The number of nitrogen functional groups attached to an aromatic ring is 1. The Labute approximate surface area is 103 Å². The highest BCUT2D eigenvalue weighted by atomic mass is 15.3. The molecule has 1 aromatic rings. The fourth-order valence-corrected chi connectivity index (χ4v) is 2.50. The maximum atomic E-state index is 5.90. The van der Waals surface area contributed by atoms with Crippen molar-refractivity contribution in [3.8, 4) is 0 Å². The zero-order valence-electron chi connectivity index (χ0n) is 10.8. The molecule has 0 aliphatic heterocycles. The van der Waals surface area contributed by atoms with E-state index >= 15 is 0 Å². The molecule has 0 atom stereocenters. The predicted molar refractivity (Wildman–Crippen MR) is 70.0 cm³/mol. The van der Waals surface area contributed by atoms with Crippen LogP contribution in [0.4, 0.5) is 11.5 Å². The molecule has 0 radical (unpaired) electrons. The van der Waals surface area contributed by atoms with Gasteiger partial charge >= 0.3 is 0 Å². The molecule has 2 rings (SSSR count). The Kier molecular flexibility index (Phi) is 3.19. The van der Waals surface area contributed by atoms with E-state index in [1.54, 1.807) is 12.5 Å². The van der Waals surface area contributed by atoms with E-state index in [4.69, 9.17) is 5.73 Å². The number of rotatable bonds is 4. The molecule has 5 nitrogen and oxygen atoms in total. The van der Waals surface area contributed by atoms with Gasteiger partial charge in [-0.15, -0.1) is 0 Å². The van der Waals surface area contributed by atoms with E-state index < -0.39 is 0 Å². The van der Waals surface area contributed by atoms with Crippen molar-refractivity contribution in [1.29, 1.82) is 0 Å². The summed E-state index contributed by atoms with van der Waals surface area (Å²) in [5, 5.41) is 0. The Morgan fingerprint density at radius 2 is 2.06 bits per heavy atom. The fourth-order valence-electron chi connectivity index (χ4n) is 2.50. The summed E-state index contributed by atoms with van der Waals surface area (Å²) in [4.78, 5) is 12.6. The molecule has 5 heteroatoms. The van der Waals surface area contributed by atoms with Crippen LogP contribution < -0.4 is 10.6 Å². The molecule has 0 bridgehead atoms. The number of hydrogen-bond acceptors (Lipinski definition) is 5. The molecule has 0 amide bonds. The second-order valence-corrected chi connectivity index (χ2v) is 5.13. The Morgan fingerprint density at radius 1 is 1.35 bits per heavy atom. The van der Waals surface area contributed by atoms with Crippen molar-refractivity contribution in [2.45, 2.75) is 24.8 Å². The summed E-state index contributed by atoms with van der Waals surface area (Å²) >= 11 is 0. The van der Waals surface area contributed by atoms with Gasteiger partial charge in [-0.25, -0.2) is 9.97 Å². The molecule has 1 aliphatic carbocycles. The summed E-state index contributed by atoms with van der Waals surface area (Å²) in [7, 11) is 6.34. The molecular formula is C12H21N5. The third-order valence-electron chi connectivity index (χ3n) is 3.84. The number of hydrogen-bond donors (Lipinski definition) is 1. The molecule has 0 aromatic carbocycles. The lowest BCUT2D eigenvalue weighted by molar-refractivity contribution is 0.0682. The van der Waals surface area contributed by atoms with Crippen molar-refractivity contribution in [2.24, 2.45) is 0 Å². The van der Waals surface area contributed by atoms with E-state index in [1.165, 1.54) is 19.3 Å². The van der Waals surface area contributed by atoms with Gasteiger partial charge in [-0.1, -0.05) is 0 Å². The van der Waals surface area contributed by atoms with Crippen molar-refractivity contribution in [3.63, 3.8) is 0 Å². The molecule has 1 saturated carbocycles. The first kappa shape index (κ1) is 12.1. The zero-order valence-corrected chi connectivity index (χ0v) is 10.8. The topological polar surface area (TPSA) is 58.3 Å². The Balaban J connectivity index is 2.11. The van der Waals surface area contributed by atoms with Crippen molar-refractivity contribution in [3.05, 3.63) is 12.5 Å². The summed E-state index contributed by atoms with van der Waals surface area (Å²) in [5.74, 6) is 0.827. The van der Waals surface area contributed by atoms with Crippen LogP contribution in [0.2, 0.25) is 0 Å². The van der Waals surface area contributed by atoms with E-state index in [9.17, 15) is 0 Å². The van der Waals surface area contributed by atoms with Gasteiger partial charge in [0.2, 0.25) is 0 Å². The lowest BCUT2D eigenvalue weighted by atomic mass is 9.75. The van der Waals surface area contributed by atoms with Gasteiger partial charge in [0.25, 0.3) is 0 Å². The first-order chi connectivity index (χ1) is 8.05. The number of nitrogens with two attached hydrogens (primary N) is 1. The molecule has 0 spiro atoms. The number of aromatic nitrogens is 2. The molecule has 94 valence electrons. The summed E-state index contributed by atoms with van der Waals surface area (Å²) in [6.07, 6.45) is 7.00. The summed E-state index contributed by atoms with van der Waals surface area (Å²) in [5.41, 5.74) is 6.82. The van der Waals surface area contributed by atoms with Crippen LogP contribution in [-0.2, 0) is 0 Å². The van der Waals surface area contributed by atoms with Gasteiger partial charge in [0.05, 0.1) is 11.9 Å².